The van der Waals surface area contributed by atoms with Crippen LogP contribution in [-0.4, -0.2) is 6.71 Å². The van der Waals surface area contributed by atoms with E-state index in [-0.39, 0.29) is 28.4 Å². The van der Waals surface area contributed by atoms with E-state index in [1.54, 1.807) is 0 Å². The summed E-state index contributed by atoms with van der Waals surface area (Å²) in [6, 6.07) is 46.9. The van der Waals surface area contributed by atoms with Crippen molar-refractivity contribution in [2.75, 3.05) is 9.80 Å². The predicted octanol–water partition coefficient (Wildman–Crippen LogP) is 16.7. The summed E-state index contributed by atoms with van der Waals surface area (Å²) < 4.78 is 0. The molecule has 2 aliphatic carbocycles. The van der Waals surface area contributed by atoms with Crippen LogP contribution in [0.3, 0.4) is 0 Å². The van der Waals surface area contributed by atoms with Gasteiger partial charge in [0, 0.05) is 34.1 Å². The minimum Gasteiger partial charge on any atom is -0.311 e. The number of rotatable bonds is 5. The second kappa shape index (κ2) is 16.9. The van der Waals surface area contributed by atoms with Gasteiger partial charge in [-0.25, -0.2) is 0 Å². The van der Waals surface area contributed by atoms with Crippen LogP contribution < -0.4 is 26.2 Å². The van der Waals surface area contributed by atoms with E-state index < -0.39 is 0 Å². The van der Waals surface area contributed by atoms with Gasteiger partial charge in [0.2, 0.25) is 0 Å². The maximum atomic E-state index is 2.72. The van der Waals surface area contributed by atoms with Gasteiger partial charge in [-0.2, -0.15) is 0 Å². The molecule has 0 unspecified atom stereocenters. The van der Waals surface area contributed by atoms with E-state index in [1.807, 2.05) is 0 Å². The highest BCUT2D eigenvalue weighted by molar-refractivity contribution is 7.00. The zero-order chi connectivity index (χ0) is 47.2. The molecule has 67 heavy (non-hydrogen) atoms. The van der Waals surface area contributed by atoms with Crippen LogP contribution in [0.15, 0.2) is 115 Å². The molecule has 2 fully saturated rings. The van der Waals surface area contributed by atoms with Crippen molar-refractivity contribution in [1.82, 2.24) is 0 Å². The molecule has 3 heteroatoms. The van der Waals surface area contributed by atoms with E-state index in [0.29, 0.717) is 11.8 Å². The normalized spacial score (nSPS) is 17.0. The van der Waals surface area contributed by atoms with E-state index in [0.717, 1.165) is 0 Å². The highest BCUT2D eigenvalue weighted by Crippen LogP contribution is 2.50. The largest absolute Gasteiger partial charge is 0.311 e. The number of nitrogens with zero attached hydrogens (tertiary/aromatic N) is 2. The topological polar surface area (TPSA) is 6.48 Å². The Hall–Kier alpha value is -5.02. The standard InChI is InChI=1S/C64H77BN2/c1-61(2,3)48-36-49(62(4,5)6)39-52(38-48)66-56-32-45(42-22-16-13-17-23-42)28-30-54(56)65-55-31-29-46(43-24-18-14-19-25-43)33-57(55)67(53-40-50(63(7,8)9)37-51(41-53)64(10,11)12)59-35-47(34-58(66)60(59)65)44-26-20-15-21-27-44/h15,20-21,26-43H,13-14,16-19,22-25H2,1-12H3. The number of benzene rings is 6. The minimum absolute atomic E-state index is 0.0268. The molecule has 0 saturated heterocycles. The van der Waals surface area contributed by atoms with Crippen molar-refractivity contribution in [2.24, 2.45) is 0 Å². The summed E-state index contributed by atoms with van der Waals surface area (Å²) >= 11 is 0. The van der Waals surface area contributed by atoms with Crippen molar-refractivity contribution < 1.29 is 0 Å². The number of anilines is 6. The van der Waals surface area contributed by atoms with Crippen LogP contribution in [0.2, 0.25) is 0 Å². The molecular formula is C64H77BN2. The molecule has 2 heterocycles. The Morgan fingerprint density at radius 2 is 0.746 bits per heavy atom. The van der Waals surface area contributed by atoms with E-state index in [2.05, 4.69) is 208 Å². The Labute approximate surface area is 405 Å². The van der Waals surface area contributed by atoms with Crippen LogP contribution in [0.25, 0.3) is 11.1 Å². The summed E-state index contributed by atoms with van der Waals surface area (Å²) in [5, 5.41) is 0. The van der Waals surface area contributed by atoms with Crippen molar-refractivity contribution in [3.05, 3.63) is 149 Å². The van der Waals surface area contributed by atoms with Crippen LogP contribution in [0, 0.1) is 0 Å². The minimum atomic E-state index is -0.0268. The molecule has 0 aromatic heterocycles. The van der Waals surface area contributed by atoms with Gasteiger partial charge in [-0.05, 0) is 169 Å². The summed E-state index contributed by atoms with van der Waals surface area (Å²) in [5.41, 5.74) is 23.0. The number of hydrogen-bond acceptors (Lipinski definition) is 2. The van der Waals surface area contributed by atoms with Gasteiger partial charge >= 0.3 is 0 Å². The Bertz CT molecular complexity index is 2570. The molecule has 10 rings (SSSR count). The smallest absolute Gasteiger partial charge is 0.252 e. The average molecular weight is 885 g/mol. The fourth-order valence-electron chi connectivity index (χ4n) is 12.0. The third-order valence-corrected chi connectivity index (χ3v) is 16.2. The van der Waals surface area contributed by atoms with Crippen LogP contribution in [-0.2, 0) is 21.7 Å². The first-order chi connectivity index (χ1) is 31.7. The molecule has 4 aliphatic rings. The highest BCUT2D eigenvalue weighted by Gasteiger charge is 2.45. The molecule has 0 spiro atoms. The highest BCUT2D eigenvalue weighted by atomic mass is 15.2. The Morgan fingerprint density at radius 3 is 1.10 bits per heavy atom. The second-order valence-corrected chi connectivity index (χ2v) is 25.2. The van der Waals surface area contributed by atoms with Crippen LogP contribution in [0.5, 0.6) is 0 Å². The Balaban J connectivity index is 1.34. The van der Waals surface area contributed by atoms with Gasteiger partial charge in [0.05, 0.1) is 0 Å². The molecular weight excluding hydrogens is 808 g/mol. The fourth-order valence-corrected chi connectivity index (χ4v) is 12.0. The zero-order valence-electron chi connectivity index (χ0n) is 43.2. The van der Waals surface area contributed by atoms with Gasteiger partial charge in [0.25, 0.3) is 6.71 Å². The Morgan fingerprint density at radius 1 is 0.373 bits per heavy atom. The molecule has 6 aromatic rings. The van der Waals surface area contributed by atoms with Gasteiger partial charge < -0.3 is 9.80 Å². The van der Waals surface area contributed by atoms with Crippen molar-refractivity contribution in [3.63, 3.8) is 0 Å². The molecule has 0 amide bonds. The third kappa shape index (κ3) is 8.61. The fraction of sp³-hybridized carbons (Fsp3) is 0.438. The van der Waals surface area contributed by atoms with Crippen molar-refractivity contribution >= 4 is 57.2 Å². The van der Waals surface area contributed by atoms with E-state index >= 15 is 0 Å². The molecule has 0 radical (unpaired) electrons. The number of fused-ring (bicyclic) bond motifs is 4. The van der Waals surface area contributed by atoms with Crippen LogP contribution >= 0.6 is 0 Å². The Kier molecular flexibility index (Phi) is 11.5. The molecule has 0 N–H and O–H groups in total. The lowest BCUT2D eigenvalue weighted by Gasteiger charge is -2.45. The quantitative estimate of drug-likeness (QED) is 0.159. The summed E-state index contributed by atoms with van der Waals surface area (Å²) in [6.07, 6.45) is 13.1. The van der Waals surface area contributed by atoms with E-state index in [9.17, 15) is 0 Å². The van der Waals surface area contributed by atoms with Crippen LogP contribution in [0.1, 0.15) is 193 Å². The SMILES string of the molecule is CC(C)(C)c1cc(N2c3cc(C4CCCCC4)ccc3B3c4ccc(C5CCCCC5)cc4N(c4cc(C(C)(C)C)cc(C(C)(C)C)c4)c4cc(-c5ccccc5)cc2c43)cc(C(C)(C)C)c1. The predicted molar refractivity (Wildman–Crippen MR) is 292 cm³/mol. The lowest BCUT2D eigenvalue weighted by atomic mass is 9.33. The maximum Gasteiger partial charge on any atom is 0.252 e. The van der Waals surface area contributed by atoms with Gasteiger partial charge in [-0.1, -0.05) is 188 Å². The van der Waals surface area contributed by atoms with Crippen molar-refractivity contribution in [2.45, 2.75) is 181 Å². The van der Waals surface area contributed by atoms with E-state index in [4.69, 9.17) is 0 Å². The number of hydrogen-bond donors (Lipinski definition) is 0. The van der Waals surface area contributed by atoms with E-state index in [1.165, 1.54) is 159 Å². The molecule has 0 bridgehead atoms. The molecule has 346 valence electrons. The molecule has 2 saturated carbocycles. The first-order valence-corrected chi connectivity index (χ1v) is 26.2. The van der Waals surface area contributed by atoms with Crippen LogP contribution in [0.4, 0.5) is 34.1 Å². The van der Waals surface area contributed by atoms with Gasteiger partial charge in [-0.3, -0.25) is 0 Å². The summed E-state index contributed by atoms with van der Waals surface area (Å²) in [5.74, 6) is 1.19. The first kappa shape index (κ1) is 45.8. The molecule has 2 nitrogen and oxygen atoms in total. The van der Waals surface area contributed by atoms with Crippen molar-refractivity contribution in [3.8, 4) is 11.1 Å². The summed E-state index contributed by atoms with van der Waals surface area (Å²) in [4.78, 5) is 5.44. The average Bonchev–Trinajstić information content (AvgIpc) is 3.30. The lowest BCUT2D eigenvalue weighted by molar-refractivity contribution is 0.444. The van der Waals surface area contributed by atoms with Gasteiger partial charge in [0.15, 0.2) is 0 Å². The van der Waals surface area contributed by atoms with Crippen molar-refractivity contribution in [1.29, 1.82) is 0 Å². The molecule has 6 aromatic carbocycles. The van der Waals surface area contributed by atoms with Gasteiger partial charge in [-0.15, -0.1) is 0 Å². The van der Waals surface area contributed by atoms with Gasteiger partial charge in [0.1, 0.15) is 0 Å². The third-order valence-electron chi connectivity index (χ3n) is 16.2. The summed E-state index contributed by atoms with van der Waals surface area (Å²) in [6.45, 7) is 28.6. The lowest BCUT2D eigenvalue weighted by Crippen LogP contribution is -2.61. The maximum absolute atomic E-state index is 2.72. The first-order valence-electron chi connectivity index (χ1n) is 26.2. The summed E-state index contributed by atoms with van der Waals surface area (Å²) in [7, 11) is 0. The molecule has 2 aliphatic heterocycles. The molecule has 0 atom stereocenters. The monoisotopic (exact) mass is 885 g/mol. The zero-order valence-corrected chi connectivity index (χ0v) is 43.2. The second-order valence-electron chi connectivity index (χ2n) is 25.2.